The number of unbranched alkanes of at least 4 members (excludes halogenated alkanes) is 28. The van der Waals surface area contributed by atoms with E-state index in [9.17, 15) is 19.0 Å². The second kappa shape index (κ2) is 56.0. The fourth-order valence-electron chi connectivity index (χ4n) is 8.52. The molecule has 3 unspecified atom stereocenters. The number of likely N-dealkylation sites (N-methyl/N-ethyl adjacent to an activating group) is 1. The molecule has 0 spiro atoms. The maximum atomic E-state index is 13.5. The van der Waals surface area contributed by atoms with Crippen LogP contribution < -0.4 is 10.2 Å². The van der Waals surface area contributed by atoms with Gasteiger partial charge in [0.25, 0.3) is 7.82 Å². The Labute approximate surface area is 474 Å². The van der Waals surface area contributed by atoms with Crippen molar-refractivity contribution in [1.82, 2.24) is 5.32 Å². The van der Waals surface area contributed by atoms with Crippen LogP contribution in [0.2, 0.25) is 0 Å². The third kappa shape index (κ3) is 57.2. The van der Waals surface area contributed by atoms with E-state index in [-0.39, 0.29) is 31.3 Å². The molecule has 0 aliphatic rings. The molecule has 3 atom stereocenters. The molecule has 0 rings (SSSR count). The number of amides is 1. The average Bonchev–Trinajstić information content (AvgIpc) is 3.39. The van der Waals surface area contributed by atoms with Crippen LogP contribution >= 0.6 is 7.82 Å². The molecule has 442 valence electrons. The Kier molecular flexibility index (Phi) is 53.5. The predicted molar refractivity (Wildman–Crippen MR) is 330 cm³/mol. The van der Waals surface area contributed by atoms with Crippen molar-refractivity contribution in [1.29, 1.82) is 0 Å². The van der Waals surface area contributed by atoms with Crippen molar-refractivity contribution in [2.75, 3.05) is 40.9 Å². The molecule has 77 heavy (non-hydrogen) atoms. The minimum absolute atomic E-state index is 0.0368. The van der Waals surface area contributed by atoms with Crippen LogP contribution in [-0.4, -0.2) is 69.4 Å². The van der Waals surface area contributed by atoms with Crippen LogP contribution in [0.1, 0.15) is 252 Å². The van der Waals surface area contributed by atoms with Gasteiger partial charge < -0.3 is 28.5 Å². The summed E-state index contributed by atoms with van der Waals surface area (Å²) in [5.41, 5.74) is 0. The van der Waals surface area contributed by atoms with Gasteiger partial charge in [-0.2, -0.15) is 0 Å². The molecule has 0 heterocycles. The Bertz CT molecular complexity index is 1690. The third-order valence-electron chi connectivity index (χ3n) is 13.3. The molecule has 1 amide bonds. The summed E-state index contributed by atoms with van der Waals surface area (Å²) in [5.74, 6) is -0.597. The molecule has 0 aliphatic carbocycles. The molecule has 1 N–H and O–H groups in total. The number of esters is 1. The standard InChI is InChI=1S/C67H117N2O7P/c1-7-10-13-16-19-22-25-27-29-31-32-33-34-35-36-38-40-42-45-48-51-54-57-60-67(71)76-65(58-55-52-49-46-43-24-21-18-15-12-9-3)64(63-75-77(72,73)74-62-61-69(4,5)6)68-66(70)59-56-53-50-47-44-41-39-37-30-28-26-23-20-17-14-11-8-2/h11,14,17,19-20,22-23,26-30,37,39,41,44,55,58,64-65H,7-10,12-13,15-16,18,21,24-25,31-36,38,40,42-43,45-54,56-57,59-63H2,1-6H3,(H-,68,70,72,73)/b14-11-,20-17+,22-19-,26-23+,29-27-,30-28-,39-37+,44-41+,58-55-. The molecule has 0 aromatic rings. The minimum atomic E-state index is -4.72. The van der Waals surface area contributed by atoms with Crippen molar-refractivity contribution in [3.05, 3.63) is 109 Å². The van der Waals surface area contributed by atoms with Crippen LogP contribution in [0.4, 0.5) is 0 Å². The Hall–Kier alpha value is -3.33. The van der Waals surface area contributed by atoms with Gasteiger partial charge in [0.05, 0.1) is 33.8 Å². The number of hydrogen-bond donors (Lipinski definition) is 1. The lowest BCUT2D eigenvalue weighted by molar-refractivity contribution is -0.870. The van der Waals surface area contributed by atoms with Gasteiger partial charge in [-0.1, -0.05) is 265 Å². The van der Waals surface area contributed by atoms with E-state index in [0.29, 0.717) is 17.4 Å². The van der Waals surface area contributed by atoms with Crippen LogP contribution in [0.15, 0.2) is 109 Å². The SMILES string of the molecule is CC\C=C/C=C/C=C/C=C\C=C\C=C\CCCCCC(=O)NC(COP(=O)([O-])OCC[N+](C)(C)C)C(/C=C\CCCCCCCCCCC)OC(=O)CCCCCCCCCCCCCCC/C=C\C/C=C\CCCCC. The van der Waals surface area contributed by atoms with E-state index in [1.54, 1.807) is 0 Å². The third-order valence-corrected chi connectivity index (χ3v) is 14.3. The van der Waals surface area contributed by atoms with Gasteiger partial charge in [-0.25, -0.2) is 0 Å². The quantitative estimate of drug-likeness (QED) is 0.0161. The first-order valence-electron chi connectivity index (χ1n) is 31.3. The molecule has 0 aliphatic heterocycles. The summed E-state index contributed by atoms with van der Waals surface area (Å²) < 4.78 is 30.3. The topological polar surface area (TPSA) is 114 Å². The van der Waals surface area contributed by atoms with Crippen LogP contribution in [0.25, 0.3) is 0 Å². The molecular weight excluding hydrogens is 976 g/mol. The lowest BCUT2D eigenvalue weighted by Crippen LogP contribution is -2.47. The number of rotatable bonds is 55. The van der Waals surface area contributed by atoms with E-state index in [0.717, 1.165) is 70.6 Å². The van der Waals surface area contributed by atoms with Crippen molar-refractivity contribution in [2.45, 2.75) is 264 Å². The maximum Gasteiger partial charge on any atom is 0.306 e. The lowest BCUT2D eigenvalue weighted by Gasteiger charge is -2.30. The number of phosphoric ester groups is 1. The van der Waals surface area contributed by atoms with Crippen LogP contribution in [0, 0.1) is 0 Å². The fraction of sp³-hybridized carbons (Fsp3) is 0.701. The summed E-state index contributed by atoms with van der Waals surface area (Å²) in [6.07, 6.45) is 76.3. The number of nitrogens with one attached hydrogen (secondary N) is 1. The Morgan fingerprint density at radius 3 is 1.39 bits per heavy atom. The molecular formula is C67H117N2O7P. The molecule has 10 heteroatoms. The number of carbonyl (C=O) groups is 2. The highest BCUT2D eigenvalue weighted by atomic mass is 31.2. The number of quaternary nitrogens is 1. The first-order chi connectivity index (χ1) is 37.4. The molecule has 9 nitrogen and oxygen atoms in total. The number of carbonyl (C=O) groups excluding carboxylic acids is 2. The van der Waals surface area contributed by atoms with Crippen molar-refractivity contribution in [2.24, 2.45) is 0 Å². The number of hydrogen-bond acceptors (Lipinski definition) is 7. The van der Waals surface area contributed by atoms with Crippen molar-refractivity contribution in [3.8, 4) is 0 Å². The van der Waals surface area contributed by atoms with Gasteiger partial charge in [0.15, 0.2) is 0 Å². The number of allylic oxidation sites excluding steroid dienone is 17. The van der Waals surface area contributed by atoms with E-state index >= 15 is 0 Å². The smallest absolute Gasteiger partial charge is 0.306 e. The van der Waals surface area contributed by atoms with Crippen LogP contribution in [0.5, 0.6) is 0 Å². The van der Waals surface area contributed by atoms with Gasteiger partial charge in [0.2, 0.25) is 5.91 Å². The second-order valence-electron chi connectivity index (χ2n) is 22.0. The predicted octanol–water partition coefficient (Wildman–Crippen LogP) is 18.7. The highest BCUT2D eigenvalue weighted by Crippen LogP contribution is 2.38. The highest BCUT2D eigenvalue weighted by Gasteiger charge is 2.27. The zero-order valence-electron chi connectivity index (χ0n) is 50.4. The van der Waals surface area contributed by atoms with Crippen LogP contribution in [-0.2, 0) is 27.9 Å². The van der Waals surface area contributed by atoms with E-state index in [4.69, 9.17) is 13.8 Å². The molecule has 0 aromatic carbocycles. The van der Waals surface area contributed by atoms with Gasteiger partial charge in [0.1, 0.15) is 19.3 Å². The zero-order valence-corrected chi connectivity index (χ0v) is 51.3. The fourth-order valence-corrected chi connectivity index (χ4v) is 9.25. The monoisotopic (exact) mass is 1090 g/mol. The summed E-state index contributed by atoms with van der Waals surface area (Å²) >= 11 is 0. The molecule has 0 saturated heterocycles. The minimum Gasteiger partial charge on any atom is -0.756 e. The van der Waals surface area contributed by atoms with Gasteiger partial charge in [-0.3, -0.25) is 14.2 Å². The maximum absolute atomic E-state index is 13.5. The highest BCUT2D eigenvalue weighted by molar-refractivity contribution is 7.45. The number of phosphoric acid groups is 1. The molecule has 0 bridgehead atoms. The molecule has 0 aromatic heterocycles. The number of nitrogens with zero attached hydrogens (tertiary/aromatic N) is 1. The molecule has 0 saturated carbocycles. The van der Waals surface area contributed by atoms with E-state index in [2.05, 4.69) is 62.5 Å². The normalized spacial score (nSPS) is 14.4. The average molecular weight is 1090 g/mol. The Morgan fingerprint density at radius 2 is 0.883 bits per heavy atom. The summed E-state index contributed by atoms with van der Waals surface area (Å²) in [6.45, 7) is 6.62. The first-order valence-corrected chi connectivity index (χ1v) is 32.7. The van der Waals surface area contributed by atoms with E-state index in [1.165, 1.54) is 141 Å². The Balaban J connectivity index is 5.23. The molecule has 0 radical (unpaired) electrons. The Morgan fingerprint density at radius 1 is 0.481 bits per heavy atom. The van der Waals surface area contributed by atoms with E-state index < -0.39 is 26.6 Å². The van der Waals surface area contributed by atoms with Gasteiger partial charge >= 0.3 is 5.97 Å². The second-order valence-corrected chi connectivity index (χ2v) is 23.4. The first kappa shape index (κ1) is 73.7. The van der Waals surface area contributed by atoms with Gasteiger partial charge in [-0.05, 0) is 83.1 Å². The van der Waals surface area contributed by atoms with Crippen molar-refractivity contribution in [3.63, 3.8) is 0 Å². The summed E-state index contributed by atoms with van der Waals surface area (Å²) in [7, 11) is 1.14. The summed E-state index contributed by atoms with van der Waals surface area (Å²) in [6, 6.07) is -0.918. The summed E-state index contributed by atoms with van der Waals surface area (Å²) in [4.78, 5) is 40.0. The lowest BCUT2D eigenvalue weighted by atomic mass is 10.0. The zero-order chi connectivity index (χ0) is 56.4. The number of ether oxygens (including phenoxy) is 1. The van der Waals surface area contributed by atoms with Crippen LogP contribution in [0.3, 0.4) is 0 Å². The van der Waals surface area contributed by atoms with Gasteiger partial charge in [0, 0.05) is 12.8 Å². The van der Waals surface area contributed by atoms with Gasteiger partial charge in [-0.15, -0.1) is 0 Å². The summed E-state index contributed by atoms with van der Waals surface area (Å²) in [5, 5.41) is 3.00. The van der Waals surface area contributed by atoms with Crippen molar-refractivity contribution >= 4 is 19.7 Å². The van der Waals surface area contributed by atoms with Crippen molar-refractivity contribution < 1.29 is 37.3 Å². The largest absolute Gasteiger partial charge is 0.756 e. The molecule has 0 fully saturated rings. The van der Waals surface area contributed by atoms with E-state index in [1.807, 2.05) is 94.1 Å².